The third-order valence-corrected chi connectivity index (χ3v) is 10.5. The Kier molecular flexibility index (Phi) is 10.0. The summed E-state index contributed by atoms with van der Waals surface area (Å²) in [6.07, 6.45) is 1.51. The molecule has 13 nitrogen and oxygen atoms in total. The third-order valence-electron chi connectivity index (χ3n) is 8.94. The van der Waals surface area contributed by atoms with Crippen LogP contribution in [0, 0.1) is 11.3 Å². The van der Waals surface area contributed by atoms with Gasteiger partial charge >= 0.3 is 12.3 Å². The van der Waals surface area contributed by atoms with Crippen LogP contribution < -0.4 is 9.46 Å². The van der Waals surface area contributed by atoms with Gasteiger partial charge in [-0.3, -0.25) is 9.48 Å². The van der Waals surface area contributed by atoms with E-state index in [4.69, 9.17) is 16.3 Å². The average molecular weight is 716 g/mol. The lowest BCUT2D eigenvalue weighted by atomic mass is 9.93. The summed E-state index contributed by atoms with van der Waals surface area (Å²) in [7, 11) is -4.33. The SMILES string of the molecule is CC1(C)CC(CCCCn2ccc(S(=O)(=O)NC(=O)c3ccc(-n4ccc(OCCCC5(C(F)(F)F)CC5)n4)nc3Cl)n2)CN1C(=O)O. The van der Waals surface area contributed by atoms with Gasteiger partial charge in [0, 0.05) is 37.1 Å². The molecule has 0 spiro atoms. The summed E-state index contributed by atoms with van der Waals surface area (Å²) in [6.45, 7) is 4.83. The van der Waals surface area contributed by atoms with Gasteiger partial charge in [-0.05, 0) is 82.9 Å². The summed E-state index contributed by atoms with van der Waals surface area (Å²) < 4.78 is 75.2. The van der Waals surface area contributed by atoms with Crippen molar-refractivity contribution in [3.05, 3.63) is 47.4 Å². The normalized spacial score (nSPS) is 18.5. The zero-order valence-electron chi connectivity index (χ0n) is 26.4. The molecule has 4 heterocycles. The van der Waals surface area contributed by atoms with Gasteiger partial charge in [-0.1, -0.05) is 18.0 Å². The molecule has 1 aliphatic heterocycles. The Hall–Kier alpha value is -3.86. The molecule has 5 rings (SSSR count). The van der Waals surface area contributed by atoms with Crippen LogP contribution in [0.15, 0.2) is 41.7 Å². The summed E-state index contributed by atoms with van der Waals surface area (Å²) in [6, 6.07) is 5.46. The first kappa shape index (κ1) is 35.4. The molecule has 2 fully saturated rings. The molecule has 18 heteroatoms. The second-order valence-electron chi connectivity index (χ2n) is 13.0. The number of carbonyl (C=O) groups excluding carboxylic acids is 1. The highest BCUT2D eigenvalue weighted by Crippen LogP contribution is 2.60. The van der Waals surface area contributed by atoms with Gasteiger partial charge in [-0.25, -0.2) is 19.2 Å². The molecule has 0 aromatic carbocycles. The lowest BCUT2D eigenvalue weighted by molar-refractivity contribution is -0.189. The molecule has 3 aromatic heterocycles. The van der Waals surface area contributed by atoms with E-state index >= 15 is 0 Å². The average Bonchev–Trinajstić information content (AvgIpc) is 3.29. The number of halogens is 4. The summed E-state index contributed by atoms with van der Waals surface area (Å²) in [5.41, 5.74) is -2.20. The van der Waals surface area contributed by atoms with Crippen LogP contribution in [0.2, 0.25) is 5.15 Å². The summed E-state index contributed by atoms with van der Waals surface area (Å²) in [5, 5.41) is 17.0. The minimum atomic E-state index is -4.33. The Morgan fingerprint density at radius 2 is 1.85 bits per heavy atom. The van der Waals surface area contributed by atoms with Crippen molar-refractivity contribution in [3.63, 3.8) is 0 Å². The highest BCUT2D eigenvalue weighted by Gasteiger charge is 2.62. The van der Waals surface area contributed by atoms with E-state index in [1.165, 1.54) is 50.9 Å². The molecule has 1 atom stereocenters. The molecule has 2 amide bonds. The Balaban J connectivity index is 1.09. The van der Waals surface area contributed by atoms with Crippen molar-refractivity contribution < 1.29 is 41.0 Å². The first-order chi connectivity index (χ1) is 22.5. The van der Waals surface area contributed by atoms with E-state index in [1.54, 1.807) is 0 Å². The van der Waals surface area contributed by atoms with E-state index in [0.29, 0.717) is 19.5 Å². The van der Waals surface area contributed by atoms with Gasteiger partial charge in [0.25, 0.3) is 15.9 Å². The van der Waals surface area contributed by atoms with E-state index in [-0.39, 0.29) is 65.6 Å². The summed E-state index contributed by atoms with van der Waals surface area (Å²) in [5.74, 6) is -0.395. The lowest BCUT2D eigenvalue weighted by Crippen LogP contribution is -2.41. The molecule has 262 valence electrons. The minimum Gasteiger partial charge on any atom is -0.477 e. The number of carboxylic acid groups (broad SMARTS) is 1. The van der Waals surface area contributed by atoms with Crippen molar-refractivity contribution >= 4 is 33.6 Å². The largest absolute Gasteiger partial charge is 0.477 e. The van der Waals surface area contributed by atoms with Gasteiger partial charge in [-0.2, -0.15) is 26.7 Å². The molecular weight excluding hydrogens is 679 g/mol. The maximum absolute atomic E-state index is 13.1. The van der Waals surface area contributed by atoms with Crippen molar-refractivity contribution in [2.75, 3.05) is 13.2 Å². The zero-order chi connectivity index (χ0) is 34.9. The highest BCUT2D eigenvalue weighted by atomic mass is 35.5. The maximum atomic E-state index is 13.1. The quantitative estimate of drug-likeness (QED) is 0.158. The number of aryl methyl sites for hydroxylation is 1. The van der Waals surface area contributed by atoms with Crippen molar-refractivity contribution in [2.45, 2.75) is 88.5 Å². The Bertz CT molecular complexity index is 1760. The Morgan fingerprint density at radius 3 is 2.50 bits per heavy atom. The molecule has 0 radical (unpaired) electrons. The fraction of sp³-hybridized carbons (Fsp3) is 0.567. The molecule has 1 saturated heterocycles. The topological polar surface area (TPSA) is 162 Å². The monoisotopic (exact) mass is 715 g/mol. The number of pyridine rings is 1. The van der Waals surface area contributed by atoms with Crippen molar-refractivity contribution in [1.82, 2.24) is 34.2 Å². The number of nitrogens with zero attached hydrogens (tertiary/aromatic N) is 6. The molecule has 48 heavy (non-hydrogen) atoms. The number of rotatable bonds is 14. The number of ether oxygens (including phenoxy) is 1. The molecule has 0 bridgehead atoms. The number of sulfonamides is 1. The fourth-order valence-corrected chi connectivity index (χ4v) is 7.26. The van der Waals surface area contributed by atoms with Crippen LogP contribution in [0.3, 0.4) is 0 Å². The second-order valence-corrected chi connectivity index (χ2v) is 14.9. The van der Waals surface area contributed by atoms with Gasteiger partial charge in [0.15, 0.2) is 10.8 Å². The number of unbranched alkanes of at least 4 members (excludes halogenated alkanes) is 1. The molecule has 1 saturated carbocycles. The second kappa shape index (κ2) is 13.6. The van der Waals surface area contributed by atoms with Crippen LogP contribution in [0.25, 0.3) is 5.82 Å². The third kappa shape index (κ3) is 8.05. The van der Waals surface area contributed by atoms with Crippen LogP contribution in [0.5, 0.6) is 5.88 Å². The van der Waals surface area contributed by atoms with Gasteiger partial charge in [0.05, 0.1) is 17.6 Å². The van der Waals surface area contributed by atoms with E-state index in [1.807, 2.05) is 18.6 Å². The molecule has 2 N–H and O–H groups in total. The van der Waals surface area contributed by atoms with Gasteiger partial charge in [0.1, 0.15) is 5.15 Å². The number of likely N-dealkylation sites (tertiary alicyclic amines) is 1. The van der Waals surface area contributed by atoms with Gasteiger partial charge < -0.3 is 14.7 Å². The van der Waals surface area contributed by atoms with Crippen LogP contribution in [0.1, 0.15) is 75.6 Å². The van der Waals surface area contributed by atoms with Crippen molar-refractivity contribution in [1.29, 1.82) is 0 Å². The number of hydrogen-bond donors (Lipinski definition) is 2. The Labute approximate surface area is 280 Å². The predicted molar refractivity (Wildman–Crippen MR) is 166 cm³/mol. The number of nitrogens with one attached hydrogen (secondary N) is 1. The standard InChI is InChI=1S/C30H37ClF3N7O6S/c1-28(2)18-20(19-40(28)27(43)44)6-3-4-14-39-15-10-24(37-39)48(45,46)38-26(42)21-7-8-22(35-25(21)31)41-16-9-23(36-41)47-17-5-11-29(12-13-29)30(32,33)34/h7-10,15-16,20H,3-6,11-14,17-19H2,1-2H3,(H,38,42)(H,43,44). The summed E-state index contributed by atoms with van der Waals surface area (Å²) in [4.78, 5) is 29.9. The zero-order valence-corrected chi connectivity index (χ0v) is 28.0. The molecule has 1 aliphatic carbocycles. The van der Waals surface area contributed by atoms with E-state index in [9.17, 15) is 36.3 Å². The smallest absolute Gasteiger partial charge is 0.407 e. The number of carbonyl (C=O) groups is 2. The van der Waals surface area contributed by atoms with Crippen LogP contribution >= 0.6 is 11.6 Å². The summed E-state index contributed by atoms with van der Waals surface area (Å²) >= 11 is 6.22. The molecule has 1 unspecified atom stereocenters. The molecular formula is C30H37ClF3N7O6S. The van der Waals surface area contributed by atoms with E-state index in [2.05, 4.69) is 15.2 Å². The van der Waals surface area contributed by atoms with Crippen molar-refractivity contribution in [2.24, 2.45) is 11.3 Å². The highest BCUT2D eigenvalue weighted by molar-refractivity contribution is 7.90. The Morgan fingerprint density at radius 1 is 1.10 bits per heavy atom. The maximum Gasteiger partial charge on any atom is 0.407 e. The molecule has 2 aliphatic rings. The minimum absolute atomic E-state index is 0.00732. The van der Waals surface area contributed by atoms with Crippen molar-refractivity contribution in [3.8, 4) is 11.7 Å². The number of aromatic nitrogens is 5. The number of hydrogen-bond acceptors (Lipinski definition) is 8. The van der Waals surface area contributed by atoms with Crippen LogP contribution in [-0.4, -0.2) is 79.8 Å². The van der Waals surface area contributed by atoms with E-state index in [0.717, 1.165) is 19.3 Å². The number of amides is 2. The first-order valence-electron chi connectivity index (χ1n) is 15.5. The van der Waals surface area contributed by atoms with E-state index < -0.39 is 39.2 Å². The van der Waals surface area contributed by atoms with Gasteiger partial charge in [-0.15, -0.1) is 5.10 Å². The van der Waals surface area contributed by atoms with Gasteiger partial charge in [0.2, 0.25) is 5.88 Å². The van der Waals surface area contributed by atoms with Crippen LogP contribution in [-0.2, 0) is 16.6 Å². The predicted octanol–water partition coefficient (Wildman–Crippen LogP) is 5.69. The lowest BCUT2D eigenvalue weighted by Gasteiger charge is -2.28. The molecule has 3 aromatic rings. The fourth-order valence-electron chi connectivity index (χ4n) is 6.11. The number of alkyl halides is 3. The van der Waals surface area contributed by atoms with Crippen LogP contribution in [0.4, 0.5) is 18.0 Å². The first-order valence-corrected chi connectivity index (χ1v) is 17.4.